The number of benzene rings is 1. The fraction of sp³-hybridized carbons (Fsp3) is 0.200. The van der Waals surface area contributed by atoms with Gasteiger partial charge in [0, 0.05) is 5.56 Å². The van der Waals surface area contributed by atoms with E-state index in [-0.39, 0.29) is 18.9 Å². The van der Waals surface area contributed by atoms with Crippen molar-refractivity contribution < 1.29 is 19.4 Å². The van der Waals surface area contributed by atoms with Gasteiger partial charge in [-0.05, 0) is 6.07 Å². The Morgan fingerprint density at radius 1 is 1.47 bits per heavy atom. The number of oxazole rings is 1. The van der Waals surface area contributed by atoms with Crippen LogP contribution in [0.25, 0.3) is 11.1 Å². The molecule has 0 aliphatic heterocycles. The highest BCUT2D eigenvalue weighted by molar-refractivity contribution is 5.77. The Morgan fingerprint density at radius 2 is 2.27 bits per heavy atom. The number of hydrogen-bond acceptors (Lipinski definition) is 4. The molecule has 0 fully saturated rings. The average Bonchev–Trinajstić information content (AvgIpc) is 2.58. The minimum Gasteiger partial charge on any atom is -0.481 e. The first-order valence-corrected chi connectivity index (χ1v) is 4.40. The first-order valence-electron chi connectivity index (χ1n) is 4.40. The lowest BCUT2D eigenvalue weighted by Gasteiger charge is -1.93. The largest absolute Gasteiger partial charge is 0.481 e. The van der Waals surface area contributed by atoms with Crippen LogP contribution in [-0.4, -0.2) is 21.2 Å². The number of carboxylic acids is 1. The second-order valence-electron chi connectivity index (χ2n) is 3.10. The summed E-state index contributed by atoms with van der Waals surface area (Å²) in [7, 11) is 0. The predicted molar refractivity (Wildman–Crippen MR) is 51.3 cm³/mol. The molecule has 5 heteroatoms. The molecule has 2 aromatic rings. The number of nitrogens with zero attached hydrogens (tertiary/aromatic N) is 1. The predicted octanol–water partition coefficient (Wildman–Crippen LogP) is 0.947. The van der Waals surface area contributed by atoms with Crippen molar-refractivity contribution >= 4 is 17.1 Å². The molecule has 1 aromatic heterocycles. The van der Waals surface area contributed by atoms with Crippen LogP contribution < -0.4 is 0 Å². The zero-order valence-electron chi connectivity index (χ0n) is 7.80. The van der Waals surface area contributed by atoms with Gasteiger partial charge in [-0.25, -0.2) is 4.98 Å². The van der Waals surface area contributed by atoms with Crippen molar-refractivity contribution in [3.8, 4) is 0 Å². The highest BCUT2D eigenvalue weighted by atomic mass is 16.4. The Hall–Kier alpha value is -1.88. The quantitative estimate of drug-likeness (QED) is 0.782. The van der Waals surface area contributed by atoms with Crippen LogP contribution in [0.3, 0.4) is 0 Å². The number of rotatable bonds is 3. The first-order chi connectivity index (χ1) is 7.20. The number of aliphatic carboxylic acids is 1. The lowest BCUT2D eigenvalue weighted by molar-refractivity contribution is -0.136. The number of aliphatic hydroxyl groups excluding tert-OH is 1. The molecule has 0 bridgehead atoms. The third-order valence-electron chi connectivity index (χ3n) is 2.02. The van der Waals surface area contributed by atoms with E-state index in [1.165, 1.54) is 0 Å². The van der Waals surface area contributed by atoms with Crippen molar-refractivity contribution in [1.82, 2.24) is 4.98 Å². The Bertz CT molecular complexity index is 503. The summed E-state index contributed by atoms with van der Waals surface area (Å²) in [6.07, 6.45) is -0.250. The van der Waals surface area contributed by atoms with E-state index in [0.29, 0.717) is 16.7 Å². The van der Waals surface area contributed by atoms with Crippen molar-refractivity contribution in [2.75, 3.05) is 0 Å². The molecule has 0 radical (unpaired) electrons. The molecule has 2 N–H and O–H groups in total. The normalized spacial score (nSPS) is 10.7. The SMILES string of the molecule is O=C(O)Cc1nc2c(CO)cccc2o1. The monoisotopic (exact) mass is 207 g/mol. The number of para-hydroxylation sites is 1. The molecule has 1 heterocycles. The van der Waals surface area contributed by atoms with Crippen molar-refractivity contribution in [1.29, 1.82) is 0 Å². The molecule has 15 heavy (non-hydrogen) atoms. The summed E-state index contributed by atoms with van der Waals surface area (Å²) in [5, 5.41) is 17.6. The standard InChI is InChI=1S/C10H9NO4/c12-5-6-2-1-3-7-10(6)11-8(15-7)4-9(13)14/h1-3,12H,4-5H2,(H,13,14). The number of aliphatic hydroxyl groups is 1. The van der Waals surface area contributed by atoms with Gasteiger partial charge in [-0.1, -0.05) is 12.1 Å². The van der Waals surface area contributed by atoms with Crippen LogP contribution in [0, 0.1) is 0 Å². The van der Waals surface area contributed by atoms with Crippen LogP contribution in [0.15, 0.2) is 22.6 Å². The molecular weight excluding hydrogens is 198 g/mol. The molecule has 2 rings (SSSR count). The molecular formula is C10H9NO4. The van der Waals surface area contributed by atoms with Crippen LogP contribution in [-0.2, 0) is 17.8 Å². The van der Waals surface area contributed by atoms with Crippen molar-refractivity contribution in [2.45, 2.75) is 13.0 Å². The number of aromatic nitrogens is 1. The highest BCUT2D eigenvalue weighted by Crippen LogP contribution is 2.19. The summed E-state index contributed by atoms with van der Waals surface area (Å²) in [6.45, 7) is -0.142. The number of fused-ring (bicyclic) bond motifs is 1. The third-order valence-corrected chi connectivity index (χ3v) is 2.02. The fourth-order valence-electron chi connectivity index (χ4n) is 1.38. The first kappa shape index (κ1) is 9.67. The molecule has 0 aliphatic rings. The van der Waals surface area contributed by atoms with Gasteiger partial charge in [0.1, 0.15) is 11.9 Å². The summed E-state index contributed by atoms with van der Waals surface area (Å²) in [4.78, 5) is 14.5. The van der Waals surface area contributed by atoms with E-state index < -0.39 is 5.97 Å². The summed E-state index contributed by atoms with van der Waals surface area (Å²) >= 11 is 0. The van der Waals surface area contributed by atoms with E-state index in [2.05, 4.69) is 4.98 Å². The molecule has 0 saturated carbocycles. The maximum Gasteiger partial charge on any atom is 0.312 e. The van der Waals surface area contributed by atoms with Crippen LogP contribution in [0.4, 0.5) is 0 Å². The zero-order chi connectivity index (χ0) is 10.8. The molecule has 0 aliphatic carbocycles. The average molecular weight is 207 g/mol. The van der Waals surface area contributed by atoms with Crippen molar-refractivity contribution in [3.63, 3.8) is 0 Å². The molecule has 0 spiro atoms. The molecule has 0 amide bonds. The van der Waals surface area contributed by atoms with Gasteiger partial charge in [-0.2, -0.15) is 0 Å². The van der Waals surface area contributed by atoms with E-state index in [4.69, 9.17) is 14.6 Å². The molecule has 0 saturated heterocycles. The van der Waals surface area contributed by atoms with Gasteiger partial charge in [-0.15, -0.1) is 0 Å². The van der Waals surface area contributed by atoms with Crippen LogP contribution in [0.1, 0.15) is 11.5 Å². The molecule has 5 nitrogen and oxygen atoms in total. The van der Waals surface area contributed by atoms with E-state index in [9.17, 15) is 4.79 Å². The Labute approximate surface area is 85.0 Å². The lowest BCUT2D eigenvalue weighted by Crippen LogP contribution is -1.99. The van der Waals surface area contributed by atoms with Gasteiger partial charge in [0.2, 0.25) is 5.89 Å². The van der Waals surface area contributed by atoms with Gasteiger partial charge in [-0.3, -0.25) is 4.79 Å². The lowest BCUT2D eigenvalue weighted by atomic mass is 10.2. The van der Waals surface area contributed by atoms with Crippen molar-refractivity contribution in [3.05, 3.63) is 29.7 Å². The van der Waals surface area contributed by atoms with Gasteiger partial charge in [0.05, 0.1) is 6.61 Å². The van der Waals surface area contributed by atoms with Gasteiger partial charge >= 0.3 is 5.97 Å². The molecule has 78 valence electrons. The molecule has 0 atom stereocenters. The number of carboxylic acid groups (broad SMARTS) is 1. The van der Waals surface area contributed by atoms with E-state index in [1.54, 1.807) is 18.2 Å². The minimum absolute atomic E-state index is 0.142. The van der Waals surface area contributed by atoms with Crippen molar-refractivity contribution in [2.24, 2.45) is 0 Å². The maximum atomic E-state index is 10.5. The highest BCUT2D eigenvalue weighted by Gasteiger charge is 2.11. The summed E-state index contributed by atoms with van der Waals surface area (Å²) in [5.41, 5.74) is 1.65. The summed E-state index contributed by atoms with van der Waals surface area (Å²) in [5.74, 6) is -0.842. The summed E-state index contributed by atoms with van der Waals surface area (Å²) < 4.78 is 5.22. The third kappa shape index (κ3) is 1.82. The number of carbonyl (C=O) groups is 1. The second kappa shape index (κ2) is 3.70. The minimum atomic E-state index is -0.993. The fourth-order valence-corrected chi connectivity index (χ4v) is 1.38. The second-order valence-corrected chi connectivity index (χ2v) is 3.10. The Balaban J connectivity index is 2.50. The van der Waals surface area contributed by atoms with E-state index in [0.717, 1.165) is 0 Å². The molecule has 1 aromatic carbocycles. The zero-order valence-corrected chi connectivity index (χ0v) is 7.80. The van der Waals surface area contributed by atoms with Gasteiger partial charge in [0.15, 0.2) is 5.58 Å². The smallest absolute Gasteiger partial charge is 0.312 e. The van der Waals surface area contributed by atoms with Crippen LogP contribution in [0.2, 0.25) is 0 Å². The van der Waals surface area contributed by atoms with Gasteiger partial charge in [0.25, 0.3) is 0 Å². The maximum absolute atomic E-state index is 10.5. The summed E-state index contributed by atoms with van der Waals surface area (Å²) in [6, 6.07) is 5.13. The number of hydrogen-bond donors (Lipinski definition) is 2. The van der Waals surface area contributed by atoms with Crippen LogP contribution in [0.5, 0.6) is 0 Å². The molecule has 0 unspecified atom stereocenters. The van der Waals surface area contributed by atoms with Gasteiger partial charge < -0.3 is 14.6 Å². The van der Waals surface area contributed by atoms with E-state index >= 15 is 0 Å². The van der Waals surface area contributed by atoms with E-state index in [1.807, 2.05) is 0 Å². The Morgan fingerprint density at radius 3 is 2.93 bits per heavy atom. The van der Waals surface area contributed by atoms with Crippen LogP contribution >= 0.6 is 0 Å². The topological polar surface area (TPSA) is 83.6 Å². The Kier molecular flexibility index (Phi) is 2.39.